The van der Waals surface area contributed by atoms with Gasteiger partial charge in [0.15, 0.2) is 0 Å². The second-order valence-electron chi connectivity index (χ2n) is 6.42. The summed E-state index contributed by atoms with van der Waals surface area (Å²) in [5.41, 5.74) is 0.318. The number of ether oxygens (including phenoxy) is 1. The molecule has 1 fully saturated rings. The number of aryl methyl sites for hydroxylation is 1. The van der Waals surface area contributed by atoms with Gasteiger partial charge in [0.1, 0.15) is 5.60 Å². The minimum absolute atomic E-state index is 0.121. The van der Waals surface area contributed by atoms with E-state index in [1.165, 1.54) is 0 Å². The van der Waals surface area contributed by atoms with Gasteiger partial charge in [-0.3, -0.25) is 0 Å². The van der Waals surface area contributed by atoms with Gasteiger partial charge in [-0.05, 0) is 47.0 Å². The van der Waals surface area contributed by atoms with Crippen LogP contribution in [0.15, 0.2) is 6.20 Å². The Hall–Kier alpha value is -1.92. The molecule has 2 atom stereocenters. The first-order valence-electron chi connectivity index (χ1n) is 7.24. The molecule has 116 valence electrons. The smallest absolute Gasteiger partial charge is 0.407 e. The predicted molar refractivity (Wildman–Crippen MR) is 79.0 cm³/mol. The van der Waals surface area contributed by atoms with Crippen LogP contribution in [-0.4, -0.2) is 39.0 Å². The molecule has 0 unspecified atom stereocenters. The summed E-state index contributed by atoms with van der Waals surface area (Å²) in [6, 6.07) is 0.366. The van der Waals surface area contributed by atoms with Crippen molar-refractivity contribution in [2.45, 2.75) is 64.6 Å². The zero-order valence-electron chi connectivity index (χ0n) is 13.0. The van der Waals surface area contributed by atoms with Crippen molar-refractivity contribution in [3.8, 4) is 0 Å². The Kier molecular flexibility index (Phi) is 4.59. The molecular weight excluding hydrogens is 270 g/mol. The number of carbonyl (C=O) groups is 1. The Labute approximate surface area is 124 Å². The van der Waals surface area contributed by atoms with Gasteiger partial charge in [0.2, 0.25) is 5.95 Å². The standard InChI is InChI=1S/C14H23N5O2/c1-9-8-15-12(19-18-9)16-10-5-6-11(7-10)17-13(20)21-14(2,3)4/h8,10-11H,5-7H2,1-4H3,(H,17,20)(H,15,16,19)/t10-,11-/m0/s1. The average molecular weight is 293 g/mol. The number of nitrogens with zero attached hydrogens (tertiary/aromatic N) is 3. The SMILES string of the molecule is Cc1cnc(N[C@H]2CC[C@H](NC(=O)OC(C)(C)C)C2)nn1. The quantitative estimate of drug-likeness (QED) is 0.886. The molecule has 1 aromatic rings. The second-order valence-corrected chi connectivity index (χ2v) is 6.42. The molecule has 1 amide bonds. The second kappa shape index (κ2) is 6.24. The highest BCUT2D eigenvalue weighted by Crippen LogP contribution is 2.22. The topological polar surface area (TPSA) is 89.0 Å². The molecule has 21 heavy (non-hydrogen) atoms. The number of hydrogen-bond acceptors (Lipinski definition) is 6. The van der Waals surface area contributed by atoms with Crippen molar-refractivity contribution >= 4 is 12.0 Å². The van der Waals surface area contributed by atoms with Crippen molar-refractivity contribution in [3.05, 3.63) is 11.9 Å². The Morgan fingerprint density at radius 1 is 1.29 bits per heavy atom. The summed E-state index contributed by atoms with van der Waals surface area (Å²) in [4.78, 5) is 15.9. The Morgan fingerprint density at radius 3 is 2.62 bits per heavy atom. The summed E-state index contributed by atoms with van der Waals surface area (Å²) in [5, 5.41) is 14.1. The molecule has 0 aliphatic heterocycles. The molecule has 0 aromatic carbocycles. The molecular formula is C14H23N5O2. The first kappa shape index (κ1) is 15.5. The molecule has 1 aromatic heterocycles. The third-order valence-corrected chi connectivity index (χ3v) is 3.16. The molecule has 0 saturated heterocycles. The zero-order valence-corrected chi connectivity index (χ0v) is 13.0. The fourth-order valence-electron chi connectivity index (χ4n) is 2.30. The van der Waals surface area contributed by atoms with Crippen LogP contribution in [0, 0.1) is 6.92 Å². The van der Waals surface area contributed by atoms with E-state index in [9.17, 15) is 4.79 Å². The molecule has 2 N–H and O–H groups in total. The third kappa shape index (κ3) is 5.17. The summed E-state index contributed by atoms with van der Waals surface area (Å²) < 4.78 is 5.26. The highest BCUT2D eigenvalue weighted by atomic mass is 16.6. The molecule has 0 radical (unpaired) electrons. The number of alkyl carbamates (subject to hydrolysis) is 1. The van der Waals surface area contributed by atoms with Crippen LogP contribution in [0.3, 0.4) is 0 Å². The van der Waals surface area contributed by atoms with Gasteiger partial charge in [0, 0.05) is 12.1 Å². The normalized spacial score (nSPS) is 21.9. The lowest BCUT2D eigenvalue weighted by atomic mass is 10.2. The molecule has 1 aliphatic carbocycles. The van der Waals surface area contributed by atoms with Crippen LogP contribution >= 0.6 is 0 Å². The van der Waals surface area contributed by atoms with Crippen LogP contribution in [0.5, 0.6) is 0 Å². The van der Waals surface area contributed by atoms with Crippen molar-refractivity contribution < 1.29 is 9.53 Å². The van der Waals surface area contributed by atoms with Crippen molar-refractivity contribution in [1.29, 1.82) is 0 Å². The molecule has 1 saturated carbocycles. The summed E-state index contributed by atoms with van der Waals surface area (Å²) in [5.74, 6) is 0.531. The fraction of sp³-hybridized carbons (Fsp3) is 0.714. The molecule has 2 rings (SSSR count). The number of hydrogen-bond donors (Lipinski definition) is 2. The van der Waals surface area contributed by atoms with E-state index >= 15 is 0 Å². The lowest BCUT2D eigenvalue weighted by Crippen LogP contribution is -2.38. The monoisotopic (exact) mass is 293 g/mol. The Morgan fingerprint density at radius 2 is 2.00 bits per heavy atom. The van der Waals surface area contributed by atoms with Crippen molar-refractivity contribution in [1.82, 2.24) is 20.5 Å². The van der Waals surface area contributed by atoms with Crippen LogP contribution in [0.1, 0.15) is 45.7 Å². The van der Waals surface area contributed by atoms with Crippen molar-refractivity contribution in [3.63, 3.8) is 0 Å². The number of rotatable bonds is 3. The van der Waals surface area contributed by atoms with Gasteiger partial charge >= 0.3 is 6.09 Å². The Bertz CT molecular complexity index is 483. The van der Waals surface area contributed by atoms with Crippen molar-refractivity contribution in [2.75, 3.05) is 5.32 Å². The van der Waals surface area contributed by atoms with Crippen LogP contribution < -0.4 is 10.6 Å². The van der Waals surface area contributed by atoms with Gasteiger partial charge in [-0.15, -0.1) is 5.10 Å². The highest BCUT2D eigenvalue weighted by molar-refractivity contribution is 5.68. The minimum Gasteiger partial charge on any atom is -0.444 e. The van der Waals surface area contributed by atoms with E-state index in [2.05, 4.69) is 25.8 Å². The molecule has 0 spiro atoms. The average Bonchev–Trinajstić information content (AvgIpc) is 2.77. The summed E-state index contributed by atoms with van der Waals surface area (Å²) in [6.07, 6.45) is 4.02. The number of nitrogens with one attached hydrogen (secondary N) is 2. The van der Waals surface area contributed by atoms with Crippen LogP contribution in [-0.2, 0) is 4.74 Å². The summed E-state index contributed by atoms with van der Waals surface area (Å²) >= 11 is 0. The molecule has 7 nitrogen and oxygen atoms in total. The lowest BCUT2D eigenvalue weighted by molar-refractivity contribution is 0.0505. The van der Waals surface area contributed by atoms with Gasteiger partial charge < -0.3 is 15.4 Å². The van der Waals surface area contributed by atoms with E-state index in [0.717, 1.165) is 25.0 Å². The van der Waals surface area contributed by atoms with Gasteiger partial charge in [0.25, 0.3) is 0 Å². The number of carbonyl (C=O) groups excluding carboxylic acids is 1. The first-order valence-corrected chi connectivity index (χ1v) is 7.24. The maximum Gasteiger partial charge on any atom is 0.407 e. The summed E-state index contributed by atoms with van der Waals surface area (Å²) in [7, 11) is 0. The number of aromatic nitrogens is 3. The zero-order chi connectivity index (χ0) is 15.5. The lowest BCUT2D eigenvalue weighted by Gasteiger charge is -2.21. The van der Waals surface area contributed by atoms with E-state index in [1.54, 1.807) is 6.20 Å². The number of amides is 1. The molecule has 1 heterocycles. The minimum atomic E-state index is -0.470. The van der Waals surface area contributed by atoms with Crippen LogP contribution in [0.25, 0.3) is 0 Å². The van der Waals surface area contributed by atoms with Gasteiger partial charge in [0.05, 0.1) is 11.9 Å². The first-order chi connectivity index (χ1) is 9.82. The third-order valence-electron chi connectivity index (χ3n) is 3.16. The van der Waals surface area contributed by atoms with E-state index in [4.69, 9.17) is 4.74 Å². The van der Waals surface area contributed by atoms with Gasteiger partial charge in [-0.1, -0.05) is 0 Å². The molecule has 7 heteroatoms. The van der Waals surface area contributed by atoms with Gasteiger partial charge in [-0.25, -0.2) is 9.78 Å². The highest BCUT2D eigenvalue weighted by Gasteiger charge is 2.28. The van der Waals surface area contributed by atoms with Crippen LogP contribution in [0.4, 0.5) is 10.7 Å². The predicted octanol–water partition coefficient (Wildman–Crippen LogP) is 2.04. The molecule has 0 bridgehead atoms. The van der Waals surface area contributed by atoms with E-state index < -0.39 is 5.60 Å². The van der Waals surface area contributed by atoms with E-state index in [1.807, 2.05) is 27.7 Å². The van der Waals surface area contributed by atoms with E-state index in [-0.39, 0.29) is 18.2 Å². The summed E-state index contributed by atoms with van der Waals surface area (Å²) in [6.45, 7) is 7.41. The molecule has 1 aliphatic rings. The fourth-order valence-corrected chi connectivity index (χ4v) is 2.30. The number of anilines is 1. The van der Waals surface area contributed by atoms with Crippen LogP contribution in [0.2, 0.25) is 0 Å². The van der Waals surface area contributed by atoms with Crippen molar-refractivity contribution in [2.24, 2.45) is 0 Å². The van der Waals surface area contributed by atoms with Gasteiger partial charge in [-0.2, -0.15) is 5.10 Å². The maximum atomic E-state index is 11.7. The van der Waals surface area contributed by atoms with E-state index in [0.29, 0.717) is 5.95 Å². The maximum absolute atomic E-state index is 11.7. The Balaban J connectivity index is 1.78. The largest absolute Gasteiger partial charge is 0.444 e.